The van der Waals surface area contributed by atoms with Crippen molar-refractivity contribution in [1.29, 1.82) is 0 Å². The van der Waals surface area contributed by atoms with E-state index >= 15 is 0 Å². The maximum Gasteiger partial charge on any atom is 0.258 e. The van der Waals surface area contributed by atoms with Crippen LogP contribution in [0.1, 0.15) is 26.9 Å². The molecule has 0 saturated carbocycles. The number of hydrogen-bond acceptors (Lipinski definition) is 3. The van der Waals surface area contributed by atoms with Gasteiger partial charge < -0.3 is 5.32 Å². The van der Waals surface area contributed by atoms with Gasteiger partial charge in [-0.3, -0.25) is 14.5 Å². The largest absolute Gasteiger partial charge is 0.322 e. The number of nitrogens with zero attached hydrogens (tertiary/aromatic N) is 1. The first-order chi connectivity index (χ1) is 14.5. The fourth-order valence-electron chi connectivity index (χ4n) is 3.40. The lowest BCUT2D eigenvalue weighted by molar-refractivity contribution is -0.115. The minimum Gasteiger partial charge on any atom is -0.322 e. The Kier molecular flexibility index (Phi) is 5.55. The Balaban J connectivity index is 1.63. The second kappa shape index (κ2) is 8.28. The summed E-state index contributed by atoms with van der Waals surface area (Å²) in [6, 6.07) is 17.5. The van der Waals surface area contributed by atoms with Crippen molar-refractivity contribution in [2.24, 2.45) is 0 Å². The molecule has 1 unspecified atom stereocenters. The lowest BCUT2D eigenvalue weighted by Gasteiger charge is -2.26. The zero-order chi connectivity index (χ0) is 21.3. The number of amides is 2. The van der Waals surface area contributed by atoms with Crippen molar-refractivity contribution in [2.75, 3.05) is 16.0 Å². The van der Waals surface area contributed by atoms with Crippen LogP contribution >= 0.6 is 11.8 Å². The first-order valence-corrected chi connectivity index (χ1v) is 10.3. The quantitative estimate of drug-likeness (QED) is 0.618. The fourth-order valence-corrected chi connectivity index (χ4v) is 4.56. The minimum absolute atomic E-state index is 0.0506. The van der Waals surface area contributed by atoms with Gasteiger partial charge in [-0.2, -0.15) is 0 Å². The van der Waals surface area contributed by atoms with Gasteiger partial charge in [0.15, 0.2) is 0 Å². The van der Waals surface area contributed by atoms with Gasteiger partial charge in [-0.15, -0.1) is 11.8 Å². The molecule has 7 heteroatoms. The van der Waals surface area contributed by atoms with E-state index in [4.69, 9.17) is 0 Å². The molecule has 4 nitrogen and oxygen atoms in total. The maximum atomic E-state index is 14.1. The normalized spacial score (nSPS) is 16.0. The van der Waals surface area contributed by atoms with Gasteiger partial charge in [0.1, 0.15) is 17.0 Å². The molecule has 1 saturated heterocycles. The zero-order valence-corrected chi connectivity index (χ0v) is 16.9. The van der Waals surface area contributed by atoms with E-state index in [1.807, 2.05) is 6.07 Å². The Bertz CT molecular complexity index is 1140. The Morgan fingerprint density at radius 2 is 1.77 bits per heavy atom. The molecule has 1 aliphatic heterocycles. The zero-order valence-electron chi connectivity index (χ0n) is 16.1. The molecule has 152 valence electrons. The van der Waals surface area contributed by atoms with Crippen LogP contribution in [0.25, 0.3) is 0 Å². The number of halogens is 2. The average molecular weight is 424 g/mol. The number of carbonyl (C=O) groups excluding carboxylic acids is 2. The SMILES string of the molecule is Cc1c(F)cccc1N1C(=O)CSC1c1cccc(NC(=O)c2ccccc2F)c1. The van der Waals surface area contributed by atoms with Gasteiger partial charge >= 0.3 is 0 Å². The number of hydrogen-bond donors (Lipinski definition) is 1. The Morgan fingerprint density at radius 1 is 1.03 bits per heavy atom. The topological polar surface area (TPSA) is 49.4 Å². The molecule has 0 aromatic heterocycles. The molecule has 30 heavy (non-hydrogen) atoms. The highest BCUT2D eigenvalue weighted by Gasteiger charge is 2.35. The van der Waals surface area contributed by atoms with Crippen molar-refractivity contribution in [2.45, 2.75) is 12.3 Å². The number of carbonyl (C=O) groups is 2. The molecule has 0 aliphatic carbocycles. The molecule has 1 fully saturated rings. The highest BCUT2D eigenvalue weighted by Crippen LogP contribution is 2.43. The first-order valence-electron chi connectivity index (χ1n) is 9.30. The van der Waals surface area contributed by atoms with Gasteiger partial charge in [0.05, 0.1) is 17.0 Å². The van der Waals surface area contributed by atoms with Gasteiger partial charge in [-0.25, -0.2) is 8.78 Å². The molecule has 3 aromatic rings. The highest BCUT2D eigenvalue weighted by atomic mass is 32.2. The third-order valence-electron chi connectivity index (χ3n) is 4.91. The third kappa shape index (κ3) is 3.80. The molecule has 1 aliphatic rings. The summed E-state index contributed by atoms with van der Waals surface area (Å²) in [6.07, 6.45) is 0. The van der Waals surface area contributed by atoms with Crippen molar-refractivity contribution in [3.8, 4) is 0 Å². The van der Waals surface area contributed by atoms with Crippen LogP contribution in [-0.4, -0.2) is 17.6 Å². The van der Waals surface area contributed by atoms with Crippen molar-refractivity contribution in [3.05, 3.63) is 95.1 Å². The lowest BCUT2D eigenvalue weighted by Crippen LogP contribution is -2.28. The van der Waals surface area contributed by atoms with Gasteiger partial charge in [0.2, 0.25) is 5.91 Å². The van der Waals surface area contributed by atoms with Crippen LogP contribution in [-0.2, 0) is 4.79 Å². The van der Waals surface area contributed by atoms with Crippen LogP contribution < -0.4 is 10.2 Å². The summed E-state index contributed by atoms with van der Waals surface area (Å²) in [5, 5.41) is 2.34. The second-order valence-electron chi connectivity index (χ2n) is 6.87. The van der Waals surface area contributed by atoms with Crippen LogP contribution in [0, 0.1) is 18.6 Å². The van der Waals surface area contributed by atoms with Crippen LogP contribution in [0.2, 0.25) is 0 Å². The van der Waals surface area contributed by atoms with Crippen LogP contribution in [0.15, 0.2) is 66.7 Å². The van der Waals surface area contributed by atoms with Gasteiger partial charge in [-0.1, -0.05) is 30.3 Å². The Labute approximate surface area is 176 Å². The molecule has 1 heterocycles. The molecular formula is C23H18F2N2O2S. The van der Waals surface area contributed by atoms with Gasteiger partial charge in [0.25, 0.3) is 5.91 Å². The van der Waals surface area contributed by atoms with Gasteiger partial charge in [0, 0.05) is 11.3 Å². The van der Waals surface area contributed by atoms with E-state index in [9.17, 15) is 18.4 Å². The predicted molar refractivity (Wildman–Crippen MR) is 115 cm³/mol. The van der Waals surface area contributed by atoms with E-state index in [2.05, 4.69) is 5.32 Å². The summed E-state index contributed by atoms with van der Waals surface area (Å²) in [7, 11) is 0. The van der Waals surface area contributed by atoms with Crippen molar-refractivity contribution >= 4 is 35.0 Å². The monoisotopic (exact) mass is 424 g/mol. The molecule has 1 N–H and O–H groups in total. The van der Waals surface area contributed by atoms with E-state index in [0.29, 0.717) is 16.9 Å². The van der Waals surface area contributed by atoms with Crippen molar-refractivity contribution < 1.29 is 18.4 Å². The fraction of sp³-hybridized carbons (Fsp3) is 0.130. The molecule has 3 aromatic carbocycles. The van der Waals surface area contributed by atoms with Crippen molar-refractivity contribution in [3.63, 3.8) is 0 Å². The Hall–Kier alpha value is -3.19. The lowest BCUT2D eigenvalue weighted by atomic mass is 10.1. The highest BCUT2D eigenvalue weighted by molar-refractivity contribution is 8.00. The standard InChI is InChI=1S/C23H18F2N2O2S/c1-14-18(24)10-5-11-20(14)27-21(28)13-30-23(27)15-6-4-7-16(12-15)26-22(29)17-8-2-3-9-19(17)25/h2-12,23H,13H2,1H3,(H,26,29). The summed E-state index contributed by atoms with van der Waals surface area (Å²) in [4.78, 5) is 26.6. The van der Waals surface area contributed by atoms with Crippen molar-refractivity contribution in [1.82, 2.24) is 0 Å². The predicted octanol–water partition coefficient (Wildman–Crippen LogP) is 5.30. The summed E-state index contributed by atoms with van der Waals surface area (Å²) in [5.41, 5.74) is 2.14. The van der Waals surface area contributed by atoms with Crippen LogP contribution in [0.4, 0.5) is 20.2 Å². The Morgan fingerprint density at radius 3 is 2.57 bits per heavy atom. The molecule has 4 rings (SSSR count). The van der Waals surface area contributed by atoms with E-state index in [1.54, 1.807) is 48.2 Å². The van der Waals surface area contributed by atoms with E-state index in [1.165, 1.54) is 36.0 Å². The molecule has 0 spiro atoms. The number of benzene rings is 3. The molecule has 0 radical (unpaired) electrons. The van der Waals surface area contributed by atoms with Gasteiger partial charge in [-0.05, 0) is 48.9 Å². The van der Waals surface area contributed by atoms with Crippen LogP contribution in [0.3, 0.4) is 0 Å². The molecular weight excluding hydrogens is 406 g/mol. The minimum atomic E-state index is -0.601. The van der Waals surface area contributed by atoms with Crippen LogP contribution in [0.5, 0.6) is 0 Å². The van der Waals surface area contributed by atoms with E-state index < -0.39 is 11.7 Å². The number of anilines is 2. The maximum absolute atomic E-state index is 14.1. The molecule has 1 atom stereocenters. The smallest absolute Gasteiger partial charge is 0.258 e. The summed E-state index contributed by atoms with van der Waals surface area (Å²) in [5.74, 6) is -1.37. The third-order valence-corrected chi connectivity index (χ3v) is 6.13. The number of thioether (sulfide) groups is 1. The summed E-state index contributed by atoms with van der Waals surface area (Å²) < 4.78 is 27.9. The average Bonchev–Trinajstić information content (AvgIpc) is 3.12. The molecule has 2 amide bonds. The first kappa shape index (κ1) is 20.1. The summed E-state index contributed by atoms with van der Waals surface area (Å²) >= 11 is 1.43. The number of rotatable bonds is 4. The second-order valence-corrected chi connectivity index (χ2v) is 7.94. The van der Waals surface area contributed by atoms with E-state index in [-0.39, 0.29) is 28.4 Å². The van der Waals surface area contributed by atoms with E-state index in [0.717, 1.165) is 5.56 Å². The molecule has 0 bridgehead atoms. The summed E-state index contributed by atoms with van der Waals surface area (Å²) in [6.45, 7) is 1.64. The number of nitrogens with one attached hydrogen (secondary N) is 1.